The number of benzene rings is 3. The molecular formula is C38H27F3O8. The molecule has 3 rings (SSSR count). The third-order valence-electron chi connectivity index (χ3n) is 5.95. The molecule has 0 saturated heterocycles. The summed E-state index contributed by atoms with van der Waals surface area (Å²) in [6.45, 7) is 17.7. The van der Waals surface area contributed by atoms with Gasteiger partial charge in [-0.05, 0) is 75.4 Å². The molecular weight excluding hydrogens is 641 g/mol. The average Bonchev–Trinajstić information content (AvgIpc) is 3.03. The zero-order chi connectivity index (χ0) is 36.5. The van der Waals surface area contributed by atoms with Crippen molar-refractivity contribution in [2.75, 3.05) is 0 Å². The van der Waals surface area contributed by atoms with Crippen molar-refractivity contribution in [3.63, 3.8) is 0 Å². The topological polar surface area (TPSA) is 105 Å². The van der Waals surface area contributed by atoms with Crippen LogP contribution in [0.2, 0.25) is 0 Å². The first-order valence-corrected chi connectivity index (χ1v) is 14.0. The van der Waals surface area contributed by atoms with Crippen LogP contribution in [0.3, 0.4) is 0 Å². The molecule has 0 fully saturated rings. The van der Waals surface area contributed by atoms with Gasteiger partial charge in [0.25, 0.3) is 0 Å². The molecule has 3 aromatic rings. The lowest BCUT2D eigenvalue weighted by Gasteiger charge is -2.19. The van der Waals surface area contributed by atoms with Gasteiger partial charge in [-0.25, -0.2) is 19.2 Å². The van der Waals surface area contributed by atoms with Gasteiger partial charge in [-0.2, -0.15) is 13.2 Å². The van der Waals surface area contributed by atoms with Crippen LogP contribution < -0.4 is 18.9 Å². The molecule has 3 aromatic carbocycles. The van der Waals surface area contributed by atoms with Crippen molar-refractivity contribution in [1.29, 1.82) is 0 Å². The van der Waals surface area contributed by atoms with Gasteiger partial charge in [0.1, 0.15) is 22.6 Å². The van der Waals surface area contributed by atoms with E-state index in [0.29, 0.717) is 0 Å². The Bertz CT molecular complexity index is 2010. The molecule has 0 aliphatic rings. The van der Waals surface area contributed by atoms with E-state index in [0.717, 1.165) is 12.1 Å². The zero-order valence-corrected chi connectivity index (χ0v) is 26.5. The first-order valence-electron chi connectivity index (χ1n) is 14.0. The van der Waals surface area contributed by atoms with Gasteiger partial charge in [-0.1, -0.05) is 50.0 Å². The standard InChI is InChI=1S/C38H27F3O8/c1-8-32(42)46-28-16-10-26(11-17-28)14-20-30-31(48-36(44)23(4)5)21-27(33(38(39,40)41)34(30)49-37(45)24(6)7)15-9-25-12-18-29(19-13-25)47-35(43)22(2)3/h8,10-13,16-19,21H,1-2,4,6H2,3,5,7H3. The largest absolute Gasteiger partial charge is 0.423 e. The fourth-order valence-electron chi connectivity index (χ4n) is 3.52. The number of alkyl halides is 3. The Labute approximate surface area is 280 Å². The van der Waals surface area contributed by atoms with E-state index in [4.69, 9.17) is 18.9 Å². The minimum atomic E-state index is -5.17. The normalized spacial score (nSPS) is 10.2. The average molecular weight is 669 g/mol. The second kappa shape index (κ2) is 15.8. The minimum absolute atomic E-state index is 0.0935. The van der Waals surface area contributed by atoms with Crippen LogP contribution in [0.1, 0.15) is 48.6 Å². The van der Waals surface area contributed by atoms with E-state index in [2.05, 4.69) is 50.0 Å². The summed E-state index contributed by atoms with van der Waals surface area (Å²) in [4.78, 5) is 48.5. The molecule has 0 aliphatic heterocycles. The Morgan fingerprint density at radius 3 is 1.57 bits per heavy atom. The molecule has 0 radical (unpaired) electrons. The Balaban J connectivity index is 2.28. The van der Waals surface area contributed by atoms with Crippen LogP contribution in [0.25, 0.3) is 0 Å². The van der Waals surface area contributed by atoms with E-state index in [9.17, 15) is 32.3 Å². The van der Waals surface area contributed by atoms with E-state index >= 15 is 0 Å². The third-order valence-corrected chi connectivity index (χ3v) is 5.95. The van der Waals surface area contributed by atoms with Crippen LogP contribution >= 0.6 is 0 Å². The second-order valence-electron chi connectivity index (χ2n) is 10.2. The SMILES string of the molecule is C=CC(=O)Oc1ccc(C#Cc2c(OC(=O)C(=C)C)cc(C#Cc3ccc(OC(=O)C(=C)C)cc3)c(C(F)(F)F)c2OC(=O)C(=C)C)cc1. The monoisotopic (exact) mass is 668 g/mol. The van der Waals surface area contributed by atoms with Crippen LogP contribution in [-0.2, 0) is 25.4 Å². The van der Waals surface area contributed by atoms with Gasteiger partial charge in [0.05, 0.1) is 0 Å². The molecule has 0 aliphatic carbocycles. The molecule has 0 unspecified atom stereocenters. The van der Waals surface area contributed by atoms with E-state index < -0.39 is 58.2 Å². The Hall–Kier alpha value is -6.59. The van der Waals surface area contributed by atoms with Gasteiger partial charge in [-0.15, -0.1) is 0 Å². The van der Waals surface area contributed by atoms with Gasteiger partial charge in [0.15, 0.2) is 11.5 Å². The summed E-state index contributed by atoms with van der Waals surface area (Å²) in [6, 6.07) is 12.0. The van der Waals surface area contributed by atoms with Gasteiger partial charge >= 0.3 is 30.1 Å². The summed E-state index contributed by atoms with van der Waals surface area (Å²) in [5, 5.41) is 0. The summed E-state index contributed by atoms with van der Waals surface area (Å²) >= 11 is 0. The highest BCUT2D eigenvalue weighted by Crippen LogP contribution is 2.44. The summed E-state index contributed by atoms with van der Waals surface area (Å²) in [6.07, 6.45) is -4.21. The number of carbonyl (C=O) groups is 4. The lowest BCUT2D eigenvalue weighted by Crippen LogP contribution is -2.18. The molecule has 0 saturated carbocycles. The van der Waals surface area contributed by atoms with Crippen molar-refractivity contribution in [1.82, 2.24) is 0 Å². The molecule has 0 heterocycles. The predicted molar refractivity (Wildman–Crippen MR) is 173 cm³/mol. The van der Waals surface area contributed by atoms with Gasteiger partial charge in [-0.3, -0.25) is 0 Å². The number of carbonyl (C=O) groups excluding carboxylic acids is 4. The van der Waals surface area contributed by atoms with E-state index in [1.807, 2.05) is 0 Å². The number of rotatable bonds is 8. The quantitative estimate of drug-likeness (QED) is 0.109. The third kappa shape index (κ3) is 10.2. The number of esters is 4. The van der Waals surface area contributed by atoms with E-state index in [1.165, 1.54) is 69.3 Å². The van der Waals surface area contributed by atoms with Crippen LogP contribution in [-0.4, -0.2) is 23.9 Å². The molecule has 0 bridgehead atoms. The van der Waals surface area contributed by atoms with Crippen molar-refractivity contribution in [3.05, 3.63) is 132 Å². The van der Waals surface area contributed by atoms with Crippen LogP contribution in [0, 0.1) is 23.7 Å². The first-order chi connectivity index (χ1) is 23.0. The second-order valence-corrected chi connectivity index (χ2v) is 10.2. The fraction of sp³-hybridized carbons (Fsp3) is 0.105. The van der Waals surface area contributed by atoms with Crippen molar-refractivity contribution < 1.29 is 51.3 Å². The van der Waals surface area contributed by atoms with Crippen LogP contribution in [0.5, 0.6) is 23.0 Å². The number of hydrogen-bond acceptors (Lipinski definition) is 8. The highest BCUT2D eigenvalue weighted by atomic mass is 19.4. The lowest BCUT2D eigenvalue weighted by atomic mass is 9.99. The summed E-state index contributed by atoms with van der Waals surface area (Å²) in [5.74, 6) is 5.24. The number of hydrogen-bond donors (Lipinski definition) is 0. The maximum absolute atomic E-state index is 14.8. The van der Waals surface area contributed by atoms with Crippen LogP contribution in [0.15, 0.2) is 104 Å². The highest BCUT2D eigenvalue weighted by molar-refractivity contribution is 5.92. The summed E-state index contributed by atoms with van der Waals surface area (Å²) < 4.78 is 65.1. The maximum Gasteiger partial charge on any atom is 0.421 e. The Morgan fingerprint density at radius 1 is 0.653 bits per heavy atom. The Kier molecular flexibility index (Phi) is 11.9. The molecule has 0 aromatic heterocycles. The molecule has 8 nitrogen and oxygen atoms in total. The maximum atomic E-state index is 14.8. The van der Waals surface area contributed by atoms with Crippen molar-refractivity contribution >= 4 is 23.9 Å². The van der Waals surface area contributed by atoms with E-state index in [-0.39, 0.29) is 39.3 Å². The molecule has 49 heavy (non-hydrogen) atoms. The molecule has 0 atom stereocenters. The predicted octanol–water partition coefficient (Wildman–Crippen LogP) is 7.04. The zero-order valence-electron chi connectivity index (χ0n) is 26.5. The van der Waals surface area contributed by atoms with Crippen molar-refractivity contribution in [2.24, 2.45) is 0 Å². The minimum Gasteiger partial charge on any atom is -0.423 e. The van der Waals surface area contributed by atoms with Gasteiger partial charge in [0, 0.05) is 39.5 Å². The molecule has 11 heteroatoms. The molecule has 248 valence electrons. The van der Waals surface area contributed by atoms with Gasteiger partial charge in [0.2, 0.25) is 0 Å². The molecule has 0 N–H and O–H groups in total. The number of halogens is 3. The summed E-state index contributed by atoms with van der Waals surface area (Å²) in [7, 11) is 0. The molecule has 0 amide bonds. The number of ether oxygens (including phenoxy) is 4. The van der Waals surface area contributed by atoms with Crippen molar-refractivity contribution in [2.45, 2.75) is 26.9 Å². The molecule has 0 spiro atoms. The highest BCUT2D eigenvalue weighted by Gasteiger charge is 2.40. The lowest BCUT2D eigenvalue weighted by molar-refractivity contribution is -0.141. The fourth-order valence-corrected chi connectivity index (χ4v) is 3.52. The summed E-state index contributed by atoms with van der Waals surface area (Å²) in [5.41, 5.74) is -2.52. The Morgan fingerprint density at radius 2 is 1.10 bits per heavy atom. The first kappa shape index (κ1) is 36.9. The van der Waals surface area contributed by atoms with Crippen LogP contribution in [0.4, 0.5) is 13.2 Å². The van der Waals surface area contributed by atoms with E-state index in [1.54, 1.807) is 0 Å². The van der Waals surface area contributed by atoms with Crippen molar-refractivity contribution in [3.8, 4) is 46.7 Å². The smallest absolute Gasteiger partial charge is 0.421 e. The van der Waals surface area contributed by atoms with Gasteiger partial charge < -0.3 is 18.9 Å².